The zero-order valence-electron chi connectivity index (χ0n) is 20.5. The maximum atomic E-state index is 11.0. The van der Waals surface area contributed by atoms with Crippen molar-refractivity contribution < 1.29 is 38.0 Å². The number of cyclic esters (lactones) is 2. The lowest BCUT2D eigenvalue weighted by Crippen LogP contribution is -2.37. The fourth-order valence-corrected chi connectivity index (χ4v) is 5.75. The van der Waals surface area contributed by atoms with Crippen molar-refractivity contribution in [3.63, 3.8) is 0 Å². The van der Waals surface area contributed by atoms with Crippen LogP contribution in [0.15, 0.2) is 0 Å². The fourth-order valence-electron chi connectivity index (χ4n) is 5.75. The van der Waals surface area contributed by atoms with Crippen LogP contribution in [0, 0.1) is 17.3 Å². The van der Waals surface area contributed by atoms with Crippen LogP contribution < -0.4 is 0 Å². The summed E-state index contributed by atoms with van der Waals surface area (Å²) in [5.74, 6) is 1.39. The van der Waals surface area contributed by atoms with Crippen molar-refractivity contribution in [1.29, 1.82) is 0 Å². The summed E-state index contributed by atoms with van der Waals surface area (Å²) >= 11 is 0. The Kier molecular flexibility index (Phi) is 10.3. The molecule has 33 heavy (non-hydrogen) atoms. The van der Waals surface area contributed by atoms with Gasteiger partial charge in [0, 0.05) is 7.11 Å². The maximum Gasteiger partial charge on any atom is 0.508 e. The van der Waals surface area contributed by atoms with E-state index < -0.39 is 6.16 Å². The molecule has 8 heteroatoms. The van der Waals surface area contributed by atoms with Gasteiger partial charge in [0.1, 0.15) is 19.3 Å². The van der Waals surface area contributed by atoms with E-state index in [1.165, 1.54) is 32.1 Å². The smallest absolute Gasteiger partial charge is 0.465 e. The summed E-state index contributed by atoms with van der Waals surface area (Å²) in [6.07, 6.45) is 9.69. The molecule has 3 rings (SSSR count). The van der Waals surface area contributed by atoms with Gasteiger partial charge in [0.15, 0.2) is 6.10 Å². The van der Waals surface area contributed by atoms with Crippen LogP contribution >= 0.6 is 0 Å². The third kappa shape index (κ3) is 7.82. The van der Waals surface area contributed by atoms with Crippen molar-refractivity contribution in [2.24, 2.45) is 17.3 Å². The maximum absolute atomic E-state index is 11.0. The van der Waals surface area contributed by atoms with E-state index in [4.69, 9.17) is 28.4 Å². The molecule has 2 aliphatic carbocycles. The quantitative estimate of drug-likeness (QED) is 0.237. The molecule has 8 nitrogen and oxygen atoms in total. The topological polar surface area (TPSA) is 89.5 Å². The van der Waals surface area contributed by atoms with E-state index in [1.54, 1.807) is 7.11 Å². The Morgan fingerprint density at radius 1 is 0.970 bits per heavy atom. The summed E-state index contributed by atoms with van der Waals surface area (Å²) < 4.78 is 32.2. The molecule has 0 bridgehead atoms. The molecule has 4 atom stereocenters. The molecule has 3 fully saturated rings. The Bertz CT molecular complexity index is 601. The van der Waals surface area contributed by atoms with Gasteiger partial charge in [0.25, 0.3) is 6.47 Å². The fraction of sp³-hybridized carbons (Fsp3) is 0.920. The Morgan fingerprint density at radius 3 is 2.24 bits per heavy atom. The summed E-state index contributed by atoms with van der Waals surface area (Å²) in [7, 11) is 1.62. The van der Waals surface area contributed by atoms with Gasteiger partial charge in [0.2, 0.25) is 0 Å². The average Bonchev–Trinajstić information content (AvgIpc) is 3.08. The molecule has 0 aromatic carbocycles. The molecule has 2 saturated carbocycles. The molecule has 0 N–H and O–H groups in total. The van der Waals surface area contributed by atoms with E-state index in [-0.39, 0.29) is 31.0 Å². The molecular formula is C25H42O8. The highest BCUT2D eigenvalue weighted by atomic mass is 16.8. The van der Waals surface area contributed by atoms with Crippen LogP contribution in [0.5, 0.6) is 0 Å². The minimum atomic E-state index is -0.587. The molecular weight excluding hydrogens is 428 g/mol. The average molecular weight is 471 g/mol. The number of hydrogen-bond donors (Lipinski definition) is 0. The molecule has 0 spiro atoms. The third-order valence-electron chi connectivity index (χ3n) is 8.06. The standard InChI is InChI=1S/C25H42O8/c1-25(2,19-8-11-21(12-9-19)31-15-23-16-32-24(27)33-23)18-5-4-6-20(10-7-18)30-14-22(28-3)13-29-17-26/h17-23H,4-16H2,1-3H3. The summed E-state index contributed by atoms with van der Waals surface area (Å²) in [6, 6.07) is 0. The Labute approximate surface area is 197 Å². The van der Waals surface area contributed by atoms with Crippen LogP contribution in [-0.2, 0) is 33.2 Å². The minimum Gasteiger partial charge on any atom is -0.465 e. The van der Waals surface area contributed by atoms with Gasteiger partial charge in [0.05, 0.1) is 25.4 Å². The summed E-state index contributed by atoms with van der Waals surface area (Å²) in [5, 5.41) is 0. The Balaban J connectivity index is 1.39. The predicted octanol–water partition coefficient (Wildman–Crippen LogP) is 4.28. The first-order chi connectivity index (χ1) is 15.9. The van der Waals surface area contributed by atoms with Crippen LogP contribution in [0.2, 0.25) is 0 Å². The molecule has 1 saturated heterocycles. The predicted molar refractivity (Wildman–Crippen MR) is 121 cm³/mol. The monoisotopic (exact) mass is 470 g/mol. The minimum absolute atomic E-state index is 0.212. The summed E-state index contributed by atoms with van der Waals surface area (Å²) in [4.78, 5) is 21.4. The molecule has 190 valence electrons. The molecule has 0 amide bonds. The number of carbonyl (C=O) groups excluding carboxylic acids is 2. The van der Waals surface area contributed by atoms with Crippen molar-refractivity contribution in [1.82, 2.24) is 0 Å². The van der Waals surface area contributed by atoms with Crippen LogP contribution in [0.3, 0.4) is 0 Å². The second kappa shape index (κ2) is 12.9. The lowest BCUT2D eigenvalue weighted by Gasteiger charge is -2.44. The largest absolute Gasteiger partial charge is 0.508 e. The van der Waals surface area contributed by atoms with Crippen LogP contribution in [0.25, 0.3) is 0 Å². The summed E-state index contributed by atoms with van der Waals surface area (Å²) in [5.41, 5.74) is 0.293. The van der Waals surface area contributed by atoms with E-state index in [1.807, 2.05) is 0 Å². The molecule has 0 aromatic heterocycles. The van der Waals surface area contributed by atoms with Crippen LogP contribution in [0.1, 0.15) is 71.6 Å². The van der Waals surface area contributed by atoms with Crippen molar-refractivity contribution in [2.75, 3.05) is 33.5 Å². The SMILES string of the molecule is COC(COC=O)COC1CCCC(C(C)(C)C2CCC(OCC3COC(=O)O3)CC2)CC1. The highest BCUT2D eigenvalue weighted by Crippen LogP contribution is 2.48. The van der Waals surface area contributed by atoms with E-state index in [0.29, 0.717) is 43.5 Å². The lowest BCUT2D eigenvalue weighted by molar-refractivity contribution is -0.134. The van der Waals surface area contributed by atoms with Gasteiger partial charge in [-0.15, -0.1) is 0 Å². The zero-order valence-corrected chi connectivity index (χ0v) is 20.5. The Morgan fingerprint density at radius 2 is 1.64 bits per heavy atom. The lowest BCUT2D eigenvalue weighted by atomic mass is 9.62. The third-order valence-corrected chi connectivity index (χ3v) is 8.06. The second-order valence-corrected chi connectivity index (χ2v) is 10.4. The van der Waals surface area contributed by atoms with Gasteiger partial charge < -0.3 is 28.4 Å². The van der Waals surface area contributed by atoms with Gasteiger partial charge >= 0.3 is 6.16 Å². The molecule has 0 aromatic rings. The van der Waals surface area contributed by atoms with Crippen molar-refractivity contribution >= 4 is 12.6 Å². The van der Waals surface area contributed by atoms with Crippen LogP contribution in [0.4, 0.5) is 4.79 Å². The van der Waals surface area contributed by atoms with E-state index >= 15 is 0 Å². The number of methoxy groups -OCH3 is 1. The number of carbonyl (C=O) groups is 2. The molecule has 1 aliphatic heterocycles. The molecule has 3 aliphatic rings. The molecule has 1 heterocycles. The van der Waals surface area contributed by atoms with Crippen molar-refractivity contribution in [3.8, 4) is 0 Å². The van der Waals surface area contributed by atoms with Gasteiger partial charge in [-0.3, -0.25) is 4.79 Å². The molecule has 0 radical (unpaired) electrons. The van der Waals surface area contributed by atoms with Gasteiger partial charge in [-0.1, -0.05) is 20.3 Å². The van der Waals surface area contributed by atoms with E-state index in [2.05, 4.69) is 13.8 Å². The van der Waals surface area contributed by atoms with E-state index in [9.17, 15) is 9.59 Å². The summed E-state index contributed by atoms with van der Waals surface area (Å²) in [6.45, 7) is 6.78. The van der Waals surface area contributed by atoms with Crippen LogP contribution in [-0.4, -0.2) is 70.6 Å². The number of rotatable bonds is 12. The first kappa shape index (κ1) is 26.2. The van der Waals surface area contributed by atoms with Gasteiger partial charge in [-0.05, 0) is 68.6 Å². The number of ether oxygens (including phenoxy) is 6. The molecule has 4 unspecified atom stereocenters. The van der Waals surface area contributed by atoms with Crippen molar-refractivity contribution in [3.05, 3.63) is 0 Å². The van der Waals surface area contributed by atoms with E-state index in [0.717, 1.165) is 25.7 Å². The zero-order chi connectivity index (χ0) is 23.7. The number of hydrogen-bond acceptors (Lipinski definition) is 8. The Hall–Kier alpha value is -1.38. The second-order valence-electron chi connectivity index (χ2n) is 10.4. The highest BCUT2D eigenvalue weighted by Gasteiger charge is 2.40. The first-order valence-electron chi connectivity index (χ1n) is 12.6. The van der Waals surface area contributed by atoms with Gasteiger partial charge in [-0.25, -0.2) is 4.79 Å². The normalized spacial score (nSPS) is 31.8. The highest BCUT2D eigenvalue weighted by molar-refractivity contribution is 5.61. The first-order valence-corrected chi connectivity index (χ1v) is 12.6. The van der Waals surface area contributed by atoms with Gasteiger partial charge in [-0.2, -0.15) is 0 Å². The van der Waals surface area contributed by atoms with Crippen molar-refractivity contribution in [2.45, 2.75) is 96.1 Å².